The molecule has 98 valence electrons. The topological polar surface area (TPSA) is 79.0 Å². The van der Waals surface area contributed by atoms with E-state index in [-0.39, 0.29) is 24.2 Å². The van der Waals surface area contributed by atoms with Crippen molar-refractivity contribution in [3.05, 3.63) is 12.2 Å². The summed E-state index contributed by atoms with van der Waals surface area (Å²) in [4.78, 5) is 29.9. The van der Waals surface area contributed by atoms with Crippen molar-refractivity contribution in [1.29, 1.82) is 0 Å². The average molecular weight is 250 g/mol. The molecule has 6 heteroatoms. The molecule has 18 heavy (non-hydrogen) atoms. The second-order valence-corrected chi connectivity index (χ2v) is 5.36. The maximum Gasteiger partial charge on any atom is 0.236 e. The van der Waals surface area contributed by atoms with Crippen LogP contribution in [0.4, 0.5) is 0 Å². The van der Waals surface area contributed by atoms with E-state index < -0.39 is 11.5 Å². The smallest absolute Gasteiger partial charge is 0.236 e. The molecular weight excluding hydrogens is 232 g/mol. The molecule has 2 unspecified atom stereocenters. The van der Waals surface area contributed by atoms with Gasteiger partial charge < -0.3 is 0 Å². The van der Waals surface area contributed by atoms with Gasteiger partial charge in [0.1, 0.15) is 12.2 Å². The predicted molar refractivity (Wildman–Crippen MR) is 64.2 cm³/mol. The highest BCUT2D eigenvalue weighted by Crippen LogP contribution is 2.41. The molecule has 1 aliphatic rings. The fourth-order valence-electron chi connectivity index (χ4n) is 2.24. The second-order valence-electron chi connectivity index (χ2n) is 5.36. The lowest BCUT2D eigenvalue weighted by atomic mass is 9.78. The lowest BCUT2D eigenvalue weighted by molar-refractivity contribution is -0.144. The van der Waals surface area contributed by atoms with Crippen LogP contribution >= 0.6 is 0 Å². The second kappa shape index (κ2) is 4.19. The zero-order chi connectivity index (χ0) is 13.5. The van der Waals surface area contributed by atoms with E-state index in [0.29, 0.717) is 5.82 Å². The summed E-state index contributed by atoms with van der Waals surface area (Å²) in [5.41, 5.74) is -0.606. The first-order valence-electron chi connectivity index (χ1n) is 6.09. The molecule has 1 N–H and O–H groups in total. The summed E-state index contributed by atoms with van der Waals surface area (Å²) in [6, 6.07) is -0.395. The largest absolute Gasteiger partial charge is 0.274 e. The van der Waals surface area contributed by atoms with Crippen LogP contribution in [0.25, 0.3) is 0 Å². The highest BCUT2D eigenvalue weighted by molar-refractivity contribution is 6.06. The number of nitrogens with zero attached hydrogens (tertiary/aromatic N) is 3. The van der Waals surface area contributed by atoms with Crippen LogP contribution in [0.1, 0.15) is 46.0 Å². The third-order valence-electron chi connectivity index (χ3n) is 3.99. The van der Waals surface area contributed by atoms with Crippen LogP contribution in [0.15, 0.2) is 6.33 Å². The molecule has 0 aliphatic carbocycles. The fraction of sp³-hybridized carbons (Fsp3) is 0.667. The van der Waals surface area contributed by atoms with Gasteiger partial charge in [-0.05, 0) is 19.8 Å². The fourth-order valence-corrected chi connectivity index (χ4v) is 2.24. The number of hydrogen-bond donors (Lipinski definition) is 1. The van der Waals surface area contributed by atoms with Crippen LogP contribution in [0.5, 0.6) is 0 Å². The van der Waals surface area contributed by atoms with Crippen molar-refractivity contribution >= 4 is 11.8 Å². The lowest BCUT2D eigenvalue weighted by Gasteiger charge is -2.27. The number of hydrogen-bond acceptors (Lipinski definition) is 4. The SMILES string of the molecule is CC(c1ncn[nH]1)N1C(=O)CC(C)(C(C)C)C1=O. The van der Waals surface area contributed by atoms with Crippen LogP contribution in [0.3, 0.4) is 0 Å². The van der Waals surface area contributed by atoms with Crippen LogP contribution in [-0.2, 0) is 9.59 Å². The molecule has 2 amide bonds. The molecule has 0 aromatic carbocycles. The minimum atomic E-state index is -0.606. The zero-order valence-corrected chi connectivity index (χ0v) is 11.1. The predicted octanol–water partition coefficient (Wildman–Crippen LogP) is 1.29. The molecule has 1 aromatic rings. The van der Waals surface area contributed by atoms with Gasteiger partial charge in [-0.2, -0.15) is 5.10 Å². The Kier molecular flexibility index (Phi) is 2.96. The van der Waals surface area contributed by atoms with Gasteiger partial charge in [-0.3, -0.25) is 19.6 Å². The maximum atomic E-state index is 12.5. The molecule has 1 saturated heterocycles. The van der Waals surface area contributed by atoms with Gasteiger partial charge >= 0.3 is 0 Å². The van der Waals surface area contributed by atoms with Gasteiger partial charge in [0.05, 0.1) is 11.5 Å². The summed E-state index contributed by atoms with van der Waals surface area (Å²) in [7, 11) is 0. The zero-order valence-electron chi connectivity index (χ0n) is 11.1. The summed E-state index contributed by atoms with van der Waals surface area (Å²) in [5, 5.41) is 6.46. The number of aromatic amines is 1. The third-order valence-corrected chi connectivity index (χ3v) is 3.99. The van der Waals surface area contributed by atoms with Crippen molar-refractivity contribution < 1.29 is 9.59 Å². The molecule has 1 aromatic heterocycles. The molecule has 0 spiro atoms. The number of rotatable bonds is 3. The van der Waals surface area contributed by atoms with Crippen LogP contribution < -0.4 is 0 Å². The van der Waals surface area contributed by atoms with Crippen molar-refractivity contribution in [2.75, 3.05) is 0 Å². The van der Waals surface area contributed by atoms with Crippen molar-refractivity contribution in [3.63, 3.8) is 0 Å². The van der Waals surface area contributed by atoms with E-state index in [1.54, 1.807) is 6.92 Å². The van der Waals surface area contributed by atoms with Crippen molar-refractivity contribution in [2.45, 2.75) is 40.2 Å². The Hall–Kier alpha value is -1.72. The molecule has 0 radical (unpaired) electrons. The Labute approximate surface area is 106 Å². The minimum Gasteiger partial charge on any atom is -0.274 e. The standard InChI is InChI=1S/C12H18N4O2/c1-7(2)12(4)5-9(17)16(11(12)18)8(3)10-13-6-14-15-10/h6-8H,5H2,1-4H3,(H,13,14,15). The minimum absolute atomic E-state index is 0.119. The number of carbonyl (C=O) groups excluding carboxylic acids is 2. The van der Waals surface area contributed by atoms with E-state index >= 15 is 0 Å². The van der Waals surface area contributed by atoms with E-state index in [4.69, 9.17) is 0 Å². The average Bonchev–Trinajstić information content (AvgIpc) is 2.87. The molecule has 2 atom stereocenters. The molecule has 0 saturated carbocycles. The highest BCUT2D eigenvalue weighted by Gasteiger charge is 2.51. The number of aromatic nitrogens is 3. The number of carbonyl (C=O) groups is 2. The monoisotopic (exact) mass is 250 g/mol. The van der Waals surface area contributed by atoms with Gasteiger partial charge in [-0.1, -0.05) is 13.8 Å². The van der Waals surface area contributed by atoms with Crippen LogP contribution in [-0.4, -0.2) is 31.9 Å². The number of H-pyrrole nitrogens is 1. The Morgan fingerprint density at radius 2 is 2.06 bits per heavy atom. The Balaban J connectivity index is 2.30. The first kappa shape index (κ1) is 12.7. The number of imide groups is 1. The summed E-state index contributed by atoms with van der Waals surface area (Å²) in [6.07, 6.45) is 1.64. The number of amides is 2. The summed E-state index contributed by atoms with van der Waals surface area (Å²) < 4.78 is 0. The van der Waals surface area contributed by atoms with E-state index in [0.717, 1.165) is 0 Å². The van der Waals surface area contributed by atoms with E-state index in [1.165, 1.54) is 11.2 Å². The quantitative estimate of drug-likeness (QED) is 0.820. The number of likely N-dealkylation sites (tertiary alicyclic amines) is 1. The normalized spacial score (nSPS) is 26.2. The third kappa shape index (κ3) is 1.72. The van der Waals surface area contributed by atoms with Gasteiger partial charge in [0.2, 0.25) is 11.8 Å². The Morgan fingerprint density at radius 1 is 1.39 bits per heavy atom. The van der Waals surface area contributed by atoms with Crippen molar-refractivity contribution in [3.8, 4) is 0 Å². The maximum absolute atomic E-state index is 12.5. The number of nitrogens with one attached hydrogen (secondary N) is 1. The van der Waals surface area contributed by atoms with E-state index in [1.807, 2.05) is 20.8 Å². The van der Waals surface area contributed by atoms with Crippen molar-refractivity contribution in [2.24, 2.45) is 11.3 Å². The summed E-state index contributed by atoms with van der Waals surface area (Å²) in [6.45, 7) is 7.56. The van der Waals surface area contributed by atoms with Crippen LogP contribution in [0.2, 0.25) is 0 Å². The Morgan fingerprint density at radius 3 is 2.50 bits per heavy atom. The lowest BCUT2D eigenvalue weighted by Crippen LogP contribution is -2.38. The van der Waals surface area contributed by atoms with Gasteiger partial charge in [0, 0.05) is 6.42 Å². The summed E-state index contributed by atoms with van der Waals surface area (Å²) in [5.74, 6) is 0.400. The van der Waals surface area contributed by atoms with E-state index in [9.17, 15) is 9.59 Å². The van der Waals surface area contributed by atoms with Crippen LogP contribution in [0, 0.1) is 11.3 Å². The van der Waals surface area contributed by atoms with Gasteiger partial charge in [0.25, 0.3) is 0 Å². The molecule has 2 rings (SSSR count). The summed E-state index contributed by atoms with van der Waals surface area (Å²) >= 11 is 0. The van der Waals surface area contributed by atoms with Gasteiger partial charge in [-0.25, -0.2) is 4.98 Å². The van der Waals surface area contributed by atoms with Crippen molar-refractivity contribution in [1.82, 2.24) is 20.1 Å². The van der Waals surface area contributed by atoms with E-state index in [2.05, 4.69) is 15.2 Å². The molecule has 1 fully saturated rings. The molecular formula is C12H18N4O2. The Bertz CT molecular complexity index is 468. The highest BCUT2D eigenvalue weighted by atomic mass is 16.2. The molecule has 0 bridgehead atoms. The van der Waals surface area contributed by atoms with Gasteiger partial charge in [-0.15, -0.1) is 0 Å². The molecule has 2 heterocycles. The first-order chi connectivity index (χ1) is 8.38. The van der Waals surface area contributed by atoms with Gasteiger partial charge in [0.15, 0.2) is 0 Å². The first-order valence-corrected chi connectivity index (χ1v) is 6.09. The molecule has 1 aliphatic heterocycles. The molecule has 6 nitrogen and oxygen atoms in total.